The van der Waals surface area contributed by atoms with Crippen molar-refractivity contribution in [3.63, 3.8) is 0 Å². The van der Waals surface area contributed by atoms with Crippen molar-refractivity contribution < 1.29 is 9.13 Å². The molecule has 1 aromatic carbocycles. The molecule has 21 heavy (non-hydrogen) atoms. The van der Waals surface area contributed by atoms with Crippen LogP contribution in [0.3, 0.4) is 0 Å². The molecule has 0 aliphatic rings. The number of hydrazine groups is 1. The van der Waals surface area contributed by atoms with Gasteiger partial charge in [-0.25, -0.2) is 20.2 Å². The Labute approximate surface area is 122 Å². The Bertz CT molecular complexity index is 648. The first-order chi connectivity index (χ1) is 10.1. The second-order valence-electron chi connectivity index (χ2n) is 4.43. The predicted molar refractivity (Wildman–Crippen MR) is 80.2 cm³/mol. The van der Waals surface area contributed by atoms with Crippen LogP contribution >= 0.6 is 0 Å². The van der Waals surface area contributed by atoms with E-state index in [0.717, 1.165) is 0 Å². The Kier molecular flexibility index (Phi) is 4.54. The van der Waals surface area contributed by atoms with E-state index in [1.807, 2.05) is 6.92 Å². The lowest BCUT2D eigenvalue weighted by Gasteiger charge is -2.14. The number of hydrogen-bond acceptors (Lipinski definition) is 6. The number of nitrogen functional groups attached to an aromatic ring is 1. The van der Waals surface area contributed by atoms with Crippen LogP contribution in [-0.4, -0.2) is 17.1 Å². The number of aromatic nitrogens is 2. The molecule has 0 unspecified atom stereocenters. The highest BCUT2D eigenvalue weighted by Gasteiger charge is 2.12. The number of hydrogen-bond donors (Lipinski definition) is 3. The Hall–Kier alpha value is -2.41. The van der Waals surface area contributed by atoms with Gasteiger partial charge in [0.25, 0.3) is 0 Å². The number of ether oxygens (including phenoxy) is 1. The lowest BCUT2D eigenvalue weighted by atomic mass is 10.2. The Morgan fingerprint density at radius 1 is 1.29 bits per heavy atom. The maximum atomic E-state index is 13.9. The molecule has 0 spiro atoms. The van der Waals surface area contributed by atoms with Crippen molar-refractivity contribution in [1.82, 2.24) is 9.97 Å². The summed E-state index contributed by atoms with van der Waals surface area (Å²) in [7, 11) is 1.53. The van der Waals surface area contributed by atoms with Gasteiger partial charge in [0.05, 0.1) is 12.8 Å². The van der Waals surface area contributed by atoms with Gasteiger partial charge in [0, 0.05) is 18.1 Å². The minimum absolute atomic E-state index is 0.279. The topological polar surface area (TPSA) is 85.1 Å². The zero-order chi connectivity index (χ0) is 15.4. The van der Waals surface area contributed by atoms with Gasteiger partial charge in [-0.15, -0.1) is 0 Å². The fraction of sp³-hybridized carbons (Fsp3) is 0.286. The molecular weight excluding hydrogens is 273 g/mol. The molecule has 0 saturated heterocycles. The van der Waals surface area contributed by atoms with Gasteiger partial charge in [-0.05, 0) is 19.1 Å². The Balaban J connectivity index is 2.43. The third kappa shape index (κ3) is 3.19. The highest BCUT2D eigenvalue weighted by Crippen LogP contribution is 2.27. The number of aryl methyl sites for hydroxylation is 1. The average molecular weight is 291 g/mol. The number of nitrogens with zero attached hydrogens (tertiary/aromatic N) is 2. The number of benzene rings is 1. The van der Waals surface area contributed by atoms with Gasteiger partial charge in [0.2, 0.25) is 0 Å². The standard InChI is InChI=1S/C14H18FN5O/c1-4-12-18-13(8(2)14(19-12)20-16)17-11-7-9(21-3)5-6-10(11)15/h5-7H,4,16H2,1-3H3,(H2,17,18,19,20). The SMILES string of the molecule is CCc1nc(NN)c(C)c(Nc2cc(OC)ccc2F)n1. The summed E-state index contributed by atoms with van der Waals surface area (Å²) >= 11 is 0. The predicted octanol–water partition coefficient (Wildman–Crippen LogP) is 2.52. The highest BCUT2D eigenvalue weighted by atomic mass is 19.1. The highest BCUT2D eigenvalue weighted by molar-refractivity contribution is 5.65. The first-order valence-electron chi connectivity index (χ1n) is 6.53. The molecule has 1 heterocycles. The summed E-state index contributed by atoms with van der Waals surface area (Å²) in [4.78, 5) is 8.63. The van der Waals surface area contributed by atoms with Crippen LogP contribution in [0.25, 0.3) is 0 Å². The summed E-state index contributed by atoms with van der Waals surface area (Å²) in [6.45, 7) is 3.73. The number of methoxy groups -OCH3 is 1. The van der Waals surface area contributed by atoms with Gasteiger partial charge >= 0.3 is 0 Å². The second kappa shape index (κ2) is 6.36. The average Bonchev–Trinajstić information content (AvgIpc) is 2.51. The molecule has 0 saturated carbocycles. The van der Waals surface area contributed by atoms with E-state index in [1.54, 1.807) is 19.1 Å². The molecule has 0 aliphatic carbocycles. The molecule has 7 heteroatoms. The molecule has 1 aromatic heterocycles. The fourth-order valence-electron chi connectivity index (χ4n) is 1.84. The smallest absolute Gasteiger partial charge is 0.148 e. The number of rotatable bonds is 5. The molecule has 6 nitrogen and oxygen atoms in total. The maximum absolute atomic E-state index is 13.9. The maximum Gasteiger partial charge on any atom is 0.148 e. The van der Waals surface area contributed by atoms with Crippen molar-refractivity contribution >= 4 is 17.3 Å². The first-order valence-corrected chi connectivity index (χ1v) is 6.53. The van der Waals surface area contributed by atoms with Crippen molar-refractivity contribution in [1.29, 1.82) is 0 Å². The first kappa shape index (κ1) is 15.0. The fourth-order valence-corrected chi connectivity index (χ4v) is 1.84. The minimum atomic E-state index is -0.394. The molecule has 0 amide bonds. The number of nitrogens with one attached hydrogen (secondary N) is 2. The van der Waals surface area contributed by atoms with E-state index >= 15 is 0 Å². The van der Waals surface area contributed by atoms with Gasteiger partial charge in [0.1, 0.15) is 29.0 Å². The van der Waals surface area contributed by atoms with E-state index in [-0.39, 0.29) is 5.69 Å². The molecule has 0 fully saturated rings. The molecule has 0 aliphatic heterocycles. The van der Waals surface area contributed by atoms with Crippen molar-refractivity contribution in [2.24, 2.45) is 5.84 Å². The van der Waals surface area contributed by atoms with Gasteiger partial charge in [0.15, 0.2) is 0 Å². The minimum Gasteiger partial charge on any atom is -0.497 e. The molecule has 2 rings (SSSR count). The summed E-state index contributed by atoms with van der Waals surface area (Å²) in [5.41, 5.74) is 3.51. The molecule has 0 bridgehead atoms. The van der Waals surface area contributed by atoms with Crippen LogP contribution in [0.15, 0.2) is 18.2 Å². The van der Waals surface area contributed by atoms with E-state index in [0.29, 0.717) is 35.2 Å². The van der Waals surface area contributed by atoms with Crippen LogP contribution in [0.1, 0.15) is 18.3 Å². The van der Waals surface area contributed by atoms with Crippen LogP contribution in [0.2, 0.25) is 0 Å². The third-order valence-corrected chi connectivity index (χ3v) is 3.07. The van der Waals surface area contributed by atoms with E-state index in [4.69, 9.17) is 10.6 Å². The summed E-state index contributed by atoms with van der Waals surface area (Å²) in [5.74, 6) is 7.23. The van der Waals surface area contributed by atoms with E-state index < -0.39 is 5.82 Å². The second-order valence-corrected chi connectivity index (χ2v) is 4.43. The molecule has 4 N–H and O–H groups in total. The van der Waals surface area contributed by atoms with Crippen molar-refractivity contribution in [3.8, 4) is 5.75 Å². The Morgan fingerprint density at radius 2 is 2.00 bits per heavy atom. The monoisotopic (exact) mass is 291 g/mol. The lowest BCUT2D eigenvalue weighted by Crippen LogP contribution is -2.14. The van der Waals surface area contributed by atoms with Crippen molar-refractivity contribution in [2.75, 3.05) is 17.9 Å². The van der Waals surface area contributed by atoms with Gasteiger partial charge in [-0.2, -0.15) is 0 Å². The van der Waals surface area contributed by atoms with Crippen LogP contribution in [0.4, 0.5) is 21.7 Å². The normalized spacial score (nSPS) is 10.3. The molecule has 0 radical (unpaired) electrons. The molecule has 2 aromatic rings. The third-order valence-electron chi connectivity index (χ3n) is 3.07. The molecular formula is C14H18FN5O. The summed E-state index contributed by atoms with van der Waals surface area (Å²) in [5, 5.41) is 2.96. The zero-order valence-corrected chi connectivity index (χ0v) is 12.2. The van der Waals surface area contributed by atoms with Crippen LogP contribution in [0, 0.1) is 12.7 Å². The van der Waals surface area contributed by atoms with Crippen molar-refractivity contribution in [2.45, 2.75) is 20.3 Å². The summed E-state index contributed by atoms with van der Waals surface area (Å²) in [6.07, 6.45) is 0.643. The van der Waals surface area contributed by atoms with Gasteiger partial charge in [-0.3, -0.25) is 0 Å². The zero-order valence-electron chi connectivity index (χ0n) is 12.2. The van der Waals surface area contributed by atoms with E-state index in [2.05, 4.69) is 20.7 Å². The lowest BCUT2D eigenvalue weighted by molar-refractivity contribution is 0.414. The van der Waals surface area contributed by atoms with E-state index in [1.165, 1.54) is 13.2 Å². The Morgan fingerprint density at radius 3 is 2.62 bits per heavy atom. The number of anilines is 3. The van der Waals surface area contributed by atoms with Crippen LogP contribution in [0.5, 0.6) is 5.75 Å². The largest absolute Gasteiger partial charge is 0.497 e. The van der Waals surface area contributed by atoms with Crippen molar-refractivity contribution in [3.05, 3.63) is 35.4 Å². The van der Waals surface area contributed by atoms with Crippen LogP contribution in [-0.2, 0) is 6.42 Å². The molecule has 0 atom stereocenters. The quantitative estimate of drug-likeness (QED) is 0.580. The summed E-state index contributed by atoms with van der Waals surface area (Å²) in [6, 6.07) is 4.45. The molecule has 112 valence electrons. The van der Waals surface area contributed by atoms with Crippen LogP contribution < -0.4 is 21.3 Å². The van der Waals surface area contributed by atoms with Gasteiger partial charge < -0.3 is 15.5 Å². The number of nitrogens with two attached hydrogens (primary N) is 1. The number of halogens is 1. The van der Waals surface area contributed by atoms with E-state index in [9.17, 15) is 4.39 Å². The summed E-state index contributed by atoms with van der Waals surface area (Å²) < 4.78 is 19.0. The van der Waals surface area contributed by atoms with Gasteiger partial charge in [-0.1, -0.05) is 6.92 Å².